The number of benzene rings is 3. The summed E-state index contributed by atoms with van der Waals surface area (Å²) in [6, 6.07) is 13.8. The highest BCUT2D eigenvalue weighted by Crippen LogP contribution is 2.33. The van der Waals surface area contributed by atoms with E-state index in [9.17, 15) is 35.2 Å². The van der Waals surface area contributed by atoms with Crippen LogP contribution in [-0.4, -0.2) is 40.6 Å². The topological polar surface area (TPSA) is 111 Å². The number of nitrogens with two attached hydrogens (primary N) is 1. The Balaban J connectivity index is 1.97. The zero-order chi connectivity index (χ0) is 28.1. The van der Waals surface area contributed by atoms with Crippen LogP contribution in [0.4, 0.5) is 27.6 Å². The monoisotopic (exact) mass is 557 g/mol. The van der Waals surface area contributed by atoms with E-state index in [1.54, 1.807) is 6.07 Å². The molecule has 0 aromatic heterocycles. The molecule has 0 heterocycles. The van der Waals surface area contributed by atoms with Crippen LogP contribution in [0.3, 0.4) is 0 Å². The number of halogens is 5. The minimum Gasteiger partial charge on any atom is -0.495 e. The van der Waals surface area contributed by atoms with E-state index >= 15 is 0 Å². The van der Waals surface area contributed by atoms with Crippen LogP contribution >= 0.6 is 0 Å². The fourth-order valence-corrected chi connectivity index (χ4v) is 4.48. The van der Waals surface area contributed by atoms with Crippen molar-refractivity contribution in [3.05, 3.63) is 77.4 Å². The fourth-order valence-electron chi connectivity index (χ4n) is 3.80. The first kappa shape index (κ1) is 29.0. The van der Waals surface area contributed by atoms with Crippen molar-refractivity contribution in [2.24, 2.45) is 5.14 Å². The summed E-state index contributed by atoms with van der Waals surface area (Å²) in [6.45, 7) is -0.797. The Bertz CT molecular complexity index is 1410. The smallest absolute Gasteiger partial charge is 0.393 e. The highest BCUT2D eigenvalue weighted by Gasteiger charge is 2.29. The molecule has 0 bridgehead atoms. The molecular weight excluding hydrogens is 533 g/mol. The van der Waals surface area contributed by atoms with Crippen molar-refractivity contribution in [3.63, 3.8) is 0 Å². The Hall–Kier alpha value is -3.55. The lowest BCUT2D eigenvalue weighted by Crippen LogP contribution is -2.21. The second-order valence-electron chi connectivity index (χ2n) is 8.21. The third-order valence-corrected chi connectivity index (χ3v) is 6.36. The van der Waals surface area contributed by atoms with Gasteiger partial charge in [0.2, 0.25) is 10.0 Å². The van der Waals surface area contributed by atoms with Gasteiger partial charge in [-0.1, -0.05) is 30.3 Å². The van der Waals surface area contributed by atoms with E-state index in [0.717, 1.165) is 6.07 Å². The van der Waals surface area contributed by atoms with Crippen molar-refractivity contribution in [2.45, 2.75) is 30.5 Å². The van der Waals surface area contributed by atoms with Gasteiger partial charge in [0.15, 0.2) is 0 Å². The molecule has 0 saturated carbocycles. The van der Waals surface area contributed by atoms with Crippen LogP contribution in [0.15, 0.2) is 65.6 Å². The van der Waals surface area contributed by atoms with Crippen LogP contribution in [0.1, 0.15) is 21.5 Å². The second kappa shape index (κ2) is 11.9. The minimum atomic E-state index is -4.47. The Kier molecular flexibility index (Phi) is 9.07. The van der Waals surface area contributed by atoms with E-state index in [0.29, 0.717) is 11.1 Å². The molecule has 1 amide bonds. The molecular formula is C25H24F5N3O4S. The van der Waals surface area contributed by atoms with E-state index in [1.807, 2.05) is 0 Å². The molecule has 3 aromatic carbocycles. The number of alkyl halides is 5. The Morgan fingerprint density at radius 3 is 2.32 bits per heavy atom. The average Bonchev–Trinajstić information content (AvgIpc) is 2.82. The number of primary sulfonamides is 1. The number of ether oxygens (including phenoxy) is 1. The first-order valence-electron chi connectivity index (χ1n) is 11.1. The Morgan fingerprint density at radius 1 is 1.00 bits per heavy atom. The molecule has 0 saturated heterocycles. The van der Waals surface area contributed by atoms with Crippen molar-refractivity contribution in [3.8, 4) is 16.9 Å². The summed E-state index contributed by atoms with van der Waals surface area (Å²) in [7, 11) is -2.85. The third-order valence-electron chi connectivity index (χ3n) is 5.41. The predicted molar refractivity (Wildman–Crippen MR) is 132 cm³/mol. The molecule has 0 aliphatic carbocycles. The number of carbonyl (C=O) groups is 1. The van der Waals surface area contributed by atoms with Crippen molar-refractivity contribution in [1.82, 2.24) is 5.32 Å². The SMILES string of the molecule is COc1cc(NC(=O)c2ccc(-c3ccccc3CC(F)(F)F)c(CNCC(F)F)c2)ccc1S(N)(=O)=O. The lowest BCUT2D eigenvalue weighted by Gasteiger charge is -2.17. The standard InChI is InChI=1S/C25H24F5N3O4S/c1-37-21-11-18(7-9-22(21)38(31,35)36)33-24(34)15-6-8-20(17(10-15)13-32-14-23(26)27)19-5-3-2-4-16(19)12-25(28,29)30/h2-11,23,32H,12-14H2,1H3,(H,33,34)(H2,31,35,36). The number of nitrogens with one attached hydrogen (secondary N) is 2. The summed E-state index contributed by atoms with van der Waals surface area (Å²) in [6.07, 6.45) is -8.31. The van der Waals surface area contributed by atoms with Gasteiger partial charge in [-0.3, -0.25) is 4.79 Å². The molecule has 38 heavy (non-hydrogen) atoms. The van der Waals surface area contributed by atoms with Crippen molar-refractivity contribution < 1.29 is 39.9 Å². The van der Waals surface area contributed by atoms with E-state index in [1.165, 1.54) is 55.6 Å². The number of hydrogen-bond acceptors (Lipinski definition) is 5. The summed E-state index contributed by atoms with van der Waals surface area (Å²) < 4.78 is 93.3. The van der Waals surface area contributed by atoms with Gasteiger partial charge < -0.3 is 15.4 Å². The van der Waals surface area contributed by atoms with Crippen molar-refractivity contribution in [1.29, 1.82) is 0 Å². The molecule has 13 heteroatoms. The Morgan fingerprint density at radius 2 is 1.68 bits per heavy atom. The molecule has 0 atom stereocenters. The van der Waals surface area contributed by atoms with Crippen LogP contribution in [0.2, 0.25) is 0 Å². The highest BCUT2D eigenvalue weighted by atomic mass is 32.2. The van der Waals surface area contributed by atoms with Gasteiger partial charge in [0.1, 0.15) is 10.6 Å². The number of carbonyl (C=O) groups excluding carboxylic acids is 1. The van der Waals surface area contributed by atoms with Gasteiger partial charge in [0.05, 0.1) is 20.1 Å². The number of methoxy groups -OCH3 is 1. The molecule has 0 fully saturated rings. The largest absolute Gasteiger partial charge is 0.495 e. The molecule has 0 radical (unpaired) electrons. The number of sulfonamides is 1. The number of rotatable bonds is 10. The van der Waals surface area contributed by atoms with Gasteiger partial charge in [0, 0.05) is 23.9 Å². The average molecular weight is 558 g/mol. The lowest BCUT2D eigenvalue weighted by molar-refractivity contribution is -0.127. The molecule has 4 N–H and O–H groups in total. The van der Waals surface area contributed by atoms with Crippen LogP contribution in [0.5, 0.6) is 5.75 Å². The number of hydrogen-bond donors (Lipinski definition) is 3. The molecule has 0 spiro atoms. The molecule has 0 aliphatic rings. The van der Waals surface area contributed by atoms with Gasteiger partial charge in [-0.25, -0.2) is 22.3 Å². The van der Waals surface area contributed by atoms with E-state index in [2.05, 4.69) is 10.6 Å². The quantitative estimate of drug-likeness (QED) is 0.313. The summed E-state index contributed by atoms with van der Waals surface area (Å²) in [5.74, 6) is -0.737. The molecule has 3 aromatic rings. The van der Waals surface area contributed by atoms with Crippen LogP contribution in [0.25, 0.3) is 11.1 Å². The van der Waals surface area contributed by atoms with Gasteiger partial charge in [-0.2, -0.15) is 13.2 Å². The second-order valence-corrected chi connectivity index (χ2v) is 9.74. The molecule has 204 valence electrons. The molecule has 0 unspecified atom stereocenters. The highest BCUT2D eigenvalue weighted by molar-refractivity contribution is 7.89. The van der Waals surface area contributed by atoms with Gasteiger partial charge in [-0.05, 0) is 46.5 Å². The van der Waals surface area contributed by atoms with Crippen molar-refractivity contribution >= 4 is 21.6 Å². The molecule has 7 nitrogen and oxygen atoms in total. The number of amides is 1. The summed E-state index contributed by atoms with van der Waals surface area (Å²) in [5.41, 5.74) is 1.20. The fraction of sp³-hybridized carbons (Fsp3) is 0.240. The van der Waals surface area contributed by atoms with E-state index < -0.39 is 41.5 Å². The van der Waals surface area contributed by atoms with Crippen LogP contribution in [0, 0.1) is 0 Å². The summed E-state index contributed by atoms with van der Waals surface area (Å²) in [4.78, 5) is 12.7. The number of anilines is 1. The van der Waals surface area contributed by atoms with Crippen LogP contribution in [-0.2, 0) is 23.0 Å². The maximum absolute atomic E-state index is 13.2. The minimum absolute atomic E-state index is 0.00523. The zero-order valence-corrected chi connectivity index (χ0v) is 20.8. The van der Waals surface area contributed by atoms with Crippen molar-refractivity contribution in [2.75, 3.05) is 19.0 Å². The lowest BCUT2D eigenvalue weighted by atomic mass is 9.92. The zero-order valence-electron chi connectivity index (χ0n) is 20.0. The Labute approximate surface area is 215 Å². The normalized spacial score (nSPS) is 12.0. The van der Waals surface area contributed by atoms with Crippen LogP contribution < -0.4 is 20.5 Å². The molecule has 0 aliphatic heterocycles. The first-order valence-corrected chi connectivity index (χ1v) is 12.6. The van der Waals surface area contributed by atoms with Gasteiger partial charge >= 0.3 is 6.18 Å². The van der Waals surface area contributed by atoms with E-state index in [-0.39, 0.29) is 39.6 Å². The van der Waals surface area contributed by atoms with E-state index in [4.69, 9.17) is 9.88 Å². The van der Waals surface area contributed by atoms with Gasteiger partial charge in [-0.15, -0.1) is 0 Å². The third kappa shape index (κ3) is 7.73. The van der Waals surface area contributed by atoms with Gasteiger partial charge in [0.25, 0.3) is 12.3 Å². The first-order chi connectivity index (χ1) is 17.8. The summed E-state index contributed by atoms with van der Waals surface area (Å²) in [5, 5.41) is 10.3. The maximum atomic E-state index is 13.2. The molecule has 3 rings (SSSR count). The predicted octanol–water partition coefficient (Wildman–Crippen LogP) is 4.72. The summed E-state index contributed by atoms with van der Waals surface area (Å²) >= 11 is 0. The maximum Gasteiger partial charge on any atom is 0.393 e.